The predicted octanol–water partition coefficient (Wildman–Crippen LogP) is 5.62. The standard InChI is InChI=1S/C13H9Cl3/c1-8-4-10(14)2-3-13(8)9-5-11(15)7-12(16)6-9/h2-7H,1H3. The Morgan fingerprint density at radius 3 is 1.94 bits per heavy atom. The molecule has 0 N–H and O–H groups in total. The first-order chi connectivity index (χ1) is 7.56. The fourth-order valence-electron chi connectivity index (χ4n) is 1.66. The summed E-state index contributed by atoms with van der Waals surface area (Å²) >= 11 is 17.9. The summed E-state index contributed by atoms with van der Waals surface area (Å²) in [4.78, 5) is 0. The van der Waals surface area contributed by atoms with Crippen LogP contribution in [-0.4, -0.2) is 0 Å². The van der Waals surface area contributed by atoms with Crippen molar-refractivity contribution >= 4 is 34.8 Å². The molecule has 82 valence electrons. The van der Waals surface area contributed by atoms with Crippen molar-refractivity contribution < 1.29 is 0 Å². The van der Waals surface area contributed by atoms with E-state index in [2.05, 4.69) is 0 Å². The molecular formula is C13H9Cl3. The van der Waals surface area contributed by atoms with Crippen LogP contribution in [0, 0.1) is 6.92 Å². The maximum atomic E-state index is 5.97. The van der Waals surface area contributed by atoms with Gasteiger partial charge in [0.1, 0.15) is 0 Å². The molecule has 0 bridgehead atoms. The Kier molecular flexibility index (Phi) is 3.44. The Morgan fingerprint density at radius 1 is 0.750 bits per heavy atom. The summed E-state index contributed by atoms with van der Waals surface area (Å²) in [5, 5.41) is 2.00. The Bertz CT molecular complexity index is 512. The van der Waals surface area contributed by atoms with E-state index in [4.69, 9.17) is 34.8 Å². The molecule has 16 heavy (non-hydrogen) atoms. The summed E-state index contributed by atoms with van der Waals surface area (Å²) in [5.74, 6) is 0. The molecule has 3 heteroatoms. The third-order valence-corrected chi connectivity index (χ3v) is 3.03. The summed E-state index contributed by atoms with van der Waals surface area (Å²) in [6.07, 6.45) is 0. The molecule has 0 nitrogen and oxygen atoms in total. The van der Waals surface area contributed by atoms with Crippen LogP contribution in [0.1, 0.15) is 5.56 Å². The predicted molar refractivity (Wildman–Crippen MR) is 71.6 cm³/mol. The monoisotopic (exact) mass is 270 g/mol. The Morgan fingerprint density at radius 2 is 1.38 bits per heavy atom. The van der Waals surface area contributed by atoms with E-state index >= 15 is 0 Å². The molecule has 0 unspecified atom stereocenters. The quantitative estimate of drug-likeness (QED) is 0.631. The lowest BCUT2D eigenvalue weighted by molar-refractivity contribution is 1.46. The van der Waals surface area contributed by atoms with Crippen LogP contribution in [-0.2, 0) is 0 Å². The lowest BCUT2D eigenvalue weighted by atomic mass is 10.0. The van der Waals surface area contributed by atoms with Gasteiger partial charge in [-0.1, -0.05) is 40.9 Å². The van der Waals surface area contributed by atoms with Gasteiger partial charge in [-0.05, 0) is 53.9 Å². The van der Waals surface area contributed by atoms with Crippen LogP contribution in [0.3, 0.4) is 0 Å². The number of benzene rings is 2. The van der Waals surface area contributed by atoms with E-state index in [-0.39, 0.29) is 0 Å². The van der Waals surface area contributed by atoms with Crippen LogP contribution in [0.15, 0.2) is 36.4 Å². The molecule has 0 aliphatic carbocycles. The first-order valence-corrected chi connectivity index (χ1v) is 5.92. The van der Waals surface area contributed by atoms with Crippen LogP contribution >= 0.6 is 34.8 Å². The first-order valence-electron chi connectivity index (χ1n) is 4.79. The molecule has 0 heterocycles. The Hall–Kier alpha value is -0.690. The number of halogens is 3. The van der Waals surface area contributed by atoms with E-state index in [1.54, 1.807) is 6.07 Å². The van der Waals surface area contributed by atoms with Gasteiger partial charge >= 0.3 is 0 Å². The number of hydrogen-bond donors (Lipinski definition) is 0. The van der Waals surface area contributed by atoms with Crippen molar-refractivity contribution in [2.45, 2.75) is 6.92 Å². The van der Waals surface area contributed by atoms with E-state index in [1.807, 2.05) is 37.3 Å². The van der Waals surface area contributed by atoms with Crippen molar-refractivity contribution in [3.8, 4) is 11.1 Å². The van der Waals surface area contributed by atoms with Crippen molar-refractivity contribution in [3.05, 3.63) is 57.0 Å². The molecule has 0 radical (unpaired) electrons. The van der Waals surface area contributed by atoms with Gasteiger partial charge in [-0.25, -0.2) is 0 Å². The van der Waals surface area contributed by atoms with Gasteiger partial charge in [0.25, 0.3) is 0 Å². The van der Waals surface area contributed by atoms with E-state index in [1.165, 1.54) is 0 Å². The van der Waals surface area contributed by atoms with Gasteiger partial charge in [0, 0.05) is 15.1 Å². The maximum absolute atomic E-state index is 5.97. The average Bonchev–Trinajstić information content (AvgIpc) is 2.15. The van der Waals surface area contributed by atoms with E-state index in [9.17, 15) is 0 Å². The third-order valence-electron chi connectivity index (χ3n) is 2.36. The summed E-state index contributed by atoms with van der Waals surface area (Å²) < 4.78 is 0. The smallest absolute Gasteiger partial charge is 0.0426 e. The molecule has 0 aliphatic heterocycles. The minimum Gasteiger partial charge on any atom is -0.0843 e. The topological polar surface area (TPSA) is 0 Å². The molecule has 2 aromatic rings. The van der Waals surface area contributed by atoms with E-state index < -0.39 is 0 Å². The molecule has 2 rings (SSSR count). The highest BCUT2D eigenvalue weighted by molar-refractivity contribution is 6.35. The van der Waals surface area contributed by atoms with E-state index in [0.29, 0.717) is 10.0 Å². The summed E-state index contributed by atoms with van der Waals surface area (Å²) in [5.41, 5.74) is 3.20. The molecule has 0 amide bonds. The van der Waals surface area contributed by atoms with Crippen LogP contribution in [0.2, 0.25) is 15.1 Å². The lowest BCUT2D eigenvalue weighted by Crippen LogP contribution is -1.83. The van der Waals surface area contributed by atoms with Gasteiger partial charge in [-0.3, -0.25) is 0 Å². The van der Waals surface area contributed by atoms with Crippen molar-refractivity contribution in [2.75, 3.05) is 0 Å². The summed E-state index contributed by atoms with van der Waals surface area (Å²) in [6, 6.07) is 11.3. The van der Waals surface area contributed by atoms with Crippen molar-refractivity contribution in [1.29, 1.82) is 0 Å². The molecule has 0 saturated heterocycles. The summed E-state index contributed by atoms with van der Waals surface area (Å²) in [6.45, 7) is 2.01. The van der Waals surface area contributed by atoms with Gasteiger partial charge in [-0.2, -0.15) is 0 Å². The minimum atomic E-state index is 0.636. The number of aryl methyl sites for hydroxylation is 1. The molecule has 0 atom stereocenters. The van der Waals surface area contributed by atoms with E-state index in [0.717, 1.165) is 21.7 Å². The van der Waals surface area contributed by atoms with Crippen LogP contribution < -0.4 is 0 Å². The molecule has 0 spiro atoms. The molecule has 0 fully saturated rings. The minimum absolute atomic E-state index is 0.636. The lowest BCUT2D eigenvalue weighted by Gasteiger charge is -2.07. The maximum Gasteiger partial charge on any atom is 0.0426 e. The van der Waals surface area contributed by atoms with Gasteiger partial charge in [0.05, 0.1) is 0 Å². The highest BCUT2D eigenvalue weighted by atomic mass is 35.5. The van der Waals surface area contributed by atoms with Crippen molar-refractivity contribution in [3.63, 3.8) is 0 Å². The highest BCUT2D eigenvalue weighted by Gasteiger charge is 2.04. The van der Waals surface area contributed by atoms with Gasteiger partial charge < -0.3 is 0 Å². The zero-order chi connectivity index (χ0) is 11.7. The SMILES string of the molecule is Cc1cc(Cl)ccc1-c1cc(Cl)cc(Cl)c1. The second-order valence-electron chi connectivity index (χ2n) is 3.62. The zero-order valence-electron chi connectivity index (χ0n) is 8.60. The fourth-order valence-corrected chi connectivity index (χ4v) is 2.41. The number of rotatable bonds is 1. The van der Waals surface area contributed by atoms with Crippen LogP contribution in [0.5, 0.6) is 0 Å². The van der Waals surface area contributed by atoms with Gasteiger partial charge in [-0.15, -0.1) is 0 Å². The molecule has 2 aromatic carbocycles. The molecule has 0 saturated carbocycles. The highest BCUT2D eigenvalue weighted by Crippen LogP contribution is 2.30. The van der Waals surface area contributed by atoms with Crippen LogP contribution in [0.25, 0.3) is 11.1 Å². The van der Waals surface area contributed by atoms with Crippen molar-refractivity contribution in [1.82, 2.24) is 0 Å². The van der Waals surface area contributed by atoms with Crippen LogP contribution in [0.4, 0.5) is 0 Å². The molecular weight excluding hydrogens is 263 g/mol. The number of hydrogen-bond acceptors (Lipinski definition) is 0. The normalized spacial score (nSPS) is 10.5. The molecule has 0 aromatic heterocycles. The zero-order valence-corrected chi connectivity index (χ0v) is 10.9. The van der Waals surface area contributed by atoms with Gasteiger partial charge in [0.2, 0.25) is 0 Å². The van der Waals surface area contributed by atoms with Crippen molar-refractivity contribution in [2.24, 2.45) is 0 Å². The fraction of sp³-hybridized carbons (Fsp3) is 0.0769. The first kappa shape index (κ1) is 11.8. The van der Waals surface area contributed by atoms with Gasteiger partial charge in [0.15, 0.2) is 0 Å². The Balaban J connectivity index is 2.58. The second kappa shape index (κ2) is 4.67. The Labute approximate surface area is 110 Å². The second-order valence-corrected chi connectivity index (χ2v) is 4.93. The molecule has 0 aliphatic rings. The average molecular weight is 272 g/mol. The largest absolute Gasteiger partial charge is 0.0843 e. The third kappa shape index (κ3) is 2.52. The summed E-state index contributed by atoms with van der Waals surface area (Å²) in [7, 11) is 0.